The second-order valence-electron chi connectivity index (χ2n) is 6.57. The SMILES string of the molecule is O=C(NCC1(COc2ccccc2)C[C@@H](O)[C@@H](O)C1)c1cccnc1. The standard InChI is InChI=1S/C19H22N2O4/c22-16-9-19(10-17(16)23,13-25-15-6-2-1-3-7-15)12-21-18(24)14-5-4-8-20-11-14/h1-8,11,16-17,22-23H,9-10,12-13H2,(H,21,24)/t16-,17+,19?. The maximum absolute atomic E-state index is 12.3. The van der Waals surface area contributed by atoms with Crippen molar-refractivity contribution in [2.24, 2.45) is 5.41 Å². The molecule has 0 spiro atoms. The predicted molar refractivity (Wildman–Crippen MR) is 92.2 cm³/mol. The number of carbonyl (C=O) groups excluding carboxylic acids is 1. The van der Waals surface area contributed by atoms with Crippen LogP contribution >= 0.6 is 0 Å². The lowest BCUT2D eigenvalue weighted by atomic mass is 9.86. The first-order valence-electron chi connectivity index (χ1n) is 8.30. The fourth-order valence-electron chi connectivity index (χ4n) is 3.18. The van der Waals surface area contributed by atoms with Crippen LogP contribution < -0.4 is 10.1 Å². The van der Waals surface area contributed by atoms with Crippen LogP contribution in [0.25, 0.3) is 0 Å². The van der Waals surface area contributed by atoms with E-state index in [0.29, 0.717) is 31.6 Å². The van der Waals surface area contributed by atoms with Crippen molar-refractivity contribution >= 4 is 5.91 Å². The summed E-state index contributed by atoms with van der Waals surface area (Å²) >= 11 is 0. The van der Waals surface area contributed by atoms with E-state index in [4.69, 9.17) is 4.74 Å². The molecular weight excluding hydrogens is 320 g/mol. The average molecular weight is 342 g/mol. The molecule has 3 N–H and O–H groups in total. The Morgan fingerprint density at radius 1 is 1.16 bits per heavy atom. The molecule has 3 rings (SSSR count). The third-order valence-electron chi connectivity index (χ3n) is 4.56. The molecule has 1 heterocycles. The number of ether oxygens (including phenoxy) is 1. The largest absolute Gasteiger partial charge is 0.493 e. The highest BCUT2D eigenvalue weighted by Gasteiger charge is 2.45. The summed E-state index contributed by atoms with van der Waals surface area (Å²) in [6.45, 7) is 0.611. The number of para-hydroxylation sites is 1. The summed E-state index contributed by atoms with van der Waals surface area (Å²) in [5.41, 5.74) is -0.0484. The first-order valence-corrected chi connectivity index (χ1v) is 8.30. The minimum Gasteiger partial charge on any atom is -0.493 e. The van der Waals surface area contributed by atoms with Gasteiger partial charge in [-0.05, 0) is 37.1 Å². The van der Waals surface area contributed by atoms with Crippen LogP contribution in [0.4, 0.5) is 0 Å². The summed E-state index contributed by atoms with van der Waals surface area (Å²) in [6.07, 6.45) is 2.23. The van der Waals surface area contributed by atoms with Gasteiger partial charge in [-0.3, -0.25) is 9.78 Å². The van der Waals surface area contributed by atoms with Gasteiger partial charge < -0.3 is 20.3 Å². The molecule has 1 aliphatic rings. The van der Waals surface area contributed by atoms with Gasteiger partial charge in [-0.2, -0.15) is 0 Å². The van der Waals surface area contributed by atoms with Gasteiger partial charge in [-0.1, -0.05) is 18.2 Å². The van der Waals surface area contributed by atoms with Gasteiger partial charge in [-0.25, -0.2) is 0 Å². The van der Waals surface area contributed by atoms with Crippen LogP contribution in [0.1, 0.15) is 23.2 Å². The molecule has 6 nitrogen and oxygen atoms in total. The first-order chi connectivity index (χ1) is 12.1. The fourth-order valence-corrected chi connectivity index (χ4v) is 3.18. The van der Waals surface area contributed by atoms with Crippen LogP contribution in [0.5, 0.6) is 5.75 Å². The first kappa shape index (κ1) is 17.4. The Morgan fingerprint density at radius 2 is 1.88 bits per heavy atom. The molecule has 0 aliphatic heterocycles. The lowest BCUT2D eigenvalue weighted by molar-refractivity contribution is 0.0438. The van der Waals surface area contributed by atoms with Crippen LogP contribution in [-0.4, -0.2) is 46.5 Å². The van der Waals surface area contributed by atoms with E-state index in [-0.39, 0.29) is 5.91 Å². The van der Waals surface area contributed by atoms with E-state index in [2.05, 4.69) is 10.3 Å². The number of rotatable bonds is 6. The second kappa shape index (κ2) is 7.63. The summed E-state index contributed by atoms with van der Waals surface area (Å²) in [7, 11) is 0. The van der Waals surface area contributed by atoms with Crippen LogP contribution in [0, 0.1) is 5.41 Å². The molecule has 25 heavy (non-hydrogen) atoms. The van der Waals surface area contributed by atoms with Crippen molar-refractivity contribution in [1.82, 2.24) is 10.3 Å². The monoisotopic (exact) mass is 342 g/mol. The molecule has 1 aromatic heterocycles. The normalized spacial score (nSPS) is 25.5. The van der Waals surface area contributed by atoms with E-state index < -0.39 is 17.6 Å². The van der Waals surface area contributed by atoms with Crippen molar-refractivity contribution in [3.8, 4) is 5.75 Å². The molecule has 1 saturated carbocycles. The van der Waals surface area contributed by atoms with Gasteiger partial charge in [0.05, 0.1) is 24.4 Å². The lowest BCUT2D eigenvalue weighted by Crippen LogP contribution is -2.40. The Balaban J connectivity index is 1.66. The molecular formula is C19H22N2O4. The van der Waals surface area contributed by atoms with Gasteiger partial charge in [0.25, 0.3) is 5.91 Å². The van der Waals surface area contributed by atoms with E-state index in [1.54, 1.807) is 18.3 Å². The van der Waals surface area contributed by atoms with Crippen molar-refractivity contribution in [3.63, 3.8) is 0 Å². The van der Waals surface area contributed by atoms with Crippen molar-refractivity contribution in [2.45, 2.75) is 25.0 Å². The number of amides is 1. The number of nitrogens with one attached hydrogen (secondary N) is 1. The Labute approximate surface area is 146 Å². The highest BCUT2D eigenvalue weighted by molar-refractivity contribution is 5.93. The van der Waals surface area contributed by atoms with Gasteiger partial charge >= 0.3 is 0 Å². The molecule has 0 radical (unpaired) electrons. The van der Waals surface area contributed by atoms with Gasteiger partial charge in [0.1, 0.15) is 5.75 Å². The maximum atomic E-state index is 12.3. The lowest BCUT2D eigenvalue weighted by Gasteiger charge is -2.29. The highest BCUT2D eigenvalue weighted by atomic mass is 16.5. The number of aromatic nitrogens is 1. The minimum absolute atomic E-state index is 0.233. The Bertz CT molecular complexity index is 683. The van der Waals surface area contributed by atoms with Crippen LogP contribution in [0.15, 0.2) is 54.9 Å². The Hall–Kier alpha value is -2.44. The van der Waals surface area contributed by atoms with Crippen molar-refractivity contribution < 1.29 is 19.7 Å². The summed E-state index contributed by atoms with van der Waals surface area (Å²) in [5.74, 6) is 0.486. The number of aliphatic hydroxyl groups excluding tert-OH is 2. The van der Waals surface area contributed by atoms with Crippen molar-refractivity contribution in [2.75, 3.05) is 13.2 Å². The molecule has 6 heteroatoms. The zero-order chi connectivity index (χ0) is 17.7. The highest BCUT2D eigenvalue weighted by Crippen LogP contribution is 2.38. The molecule has 2 aromatic rings. The van der Waals surface area contributed by atoms with E-state index in [9.17, 15) is 15.0 Å². The molecule has 1 aromatic carbocycles. The zero-order valence-corrected chi connectivity index (χ0v) is 13.8. The molecule has 0 saturated heterocycles. The van der Waals surface area contributed by atoms with Gasteiger partial charge in [0.2, 0.25) is 0 Å². The third-order valence-corrected chi connectivity index (χ3v) is 4.56. The third kappa shape index (κ3) is 4.35. The molecule has 132 valence electrons. The number of aliphatic hydroxyl groups is 2. The summed E-state index contributed by atoms with van der Waals surface area (Å²) < 4.78 is 5.84. The number of benzene rings is 1. The minimum atomic E-state index is -0.810. The zero-order valence-electron chi connectivity index (χ0n) is 13.8. The van der Waals surface area contributed by atoms with Crippen molar-refractivity contribution in [1.29, 1.82) is 0 Å². The van der Waals surface area contributed by atoms with E-state index in [0.717, 1.165) is 5.75 Å². The summed E-state index contributed by atoms with van der Waals surface area (Å²) in [6, 6.07) is 12.8. The summed E-state index contributed by atoms with van der Waals surface area (Å²) in [5, 5.41) is 22.8. The number of hydrogen-bond acceptors (Lipinski definition) is 5. The van der Waals surface area contributed by atoms with Crippen LogP contribution in [-0.2, 0) is 0 Å². The van der Waals surface area contributed by atoms with Crippen molar-refractivity contribution in [3.05, 3.63) is 60.4 Å². The van der Waals surface area contributed by atoms with E-state index in [1.165, 1.54) is 6.20 Å². The topological polar surface area (TPSA) is 91.7 Å². The Kier molecular flexibility index (Phi) is 5.31. The predicted octanol–water partition coefficient (Wildman–Crippen LogP) is 1.39. The fraction of sp³-hybridized carbons (Fsp3) is 0.368. The van der Waals surface area contributed by atoms with Gasteiger partial charge in [-0.15, -0.1) is 0 Å². The van der Waals surface area contributed by atoms with Crippen LogP contribution in [0.3, 0.4) is 0 Å². The molecule has 0 bridgehead atoms. The molecule has 1 fully saturated rings. The molecule has 3 atom stereocenters. The molecule has 1 aliphatic carbocycles. The molecule has 1 amide bonds. The number of pyridine rings is 1. The van der Waals surface area contributed by atoms with Crippen LogP contribution in [0.2, 0.25) is 0 Å². The number of hydrogen-bond donors (Lipinski definition) is 3. The number of carbonyl (C=O) groups is 1. The van der Waals surface area contributed by atoms with E-state index in [1.807, 2.05) is 30.3 Å². The van der Waals surface area contributed by atoms with Gasteiger partial charge in [0, 0.05) is 24.4 Å². The van der Waals surface area contributed by atoms with Gasteiger partial charge in [0.15, 0.2) is 0 Å². The summed E-state index contributed by atoms with van der Waals surface area (Å²) in [4.78, 5) is 16.2. The second-order valence-corrected chi connectivity index (χ2v) is 6.57. The number of nitrogens with zero attached hydrogens (tertiary/aromatic N) is 1. The smallest absolute Gasteiger partial charge is 0.252 e. The maximum Gasteiger partial charge on any atom is 0.252 e. The average Bonchev–Trinajstić information content (AvgIpc) is 2.94. The molecule has 1 unspecified atom stereocenters. The quantitative estimate of drug-likeness (QED) is 0.738. The van der Waals surface area contributed by atoms with E-state index >= 15 is 0 Å². The Morgan fingerprint density at radius 3 is 2.52 bits per heavy atom.